The van der Waals surface area contributed by atoms with Gasteiger partial charge in [0.2, 0.25) is 5.60 Å². The fraction of sp³-hybridized carbons (Fsp3) is 0.421. The first-order valence-electron chi connectivity index (χ1n) is 8.66. The normalized spacial score (nSPS) is 17.3. The molecule has 1 aromatic carbocycles. The third-order valence-corrected chi connectivity index (χ3v) is 4.83. The first-order valence-corrected chi connectivity index (χ1v) is 8.66. The van der Waals surface area contributed by atoms with Crippen molar-refractivity contribution in [1.82, 2.24) is 14.9 Å². The summed E-state index contributed by atoms with van der Waals surface area (Å²) in [5.74, 6) is -1.09. The van der Waals surface area contributed by atoms with Gasteiger partial charge in [-0.3, -0.25) is 0 Å². The van der Waals surface area contributed by atoms with Gasteiger partial charge in [0.1, 0.15) is 5.69 Å². The molecule has 1 atom stereocenters. The molecule has 0 aliphatic carbocycles. The number of carbonyl (C=O) groups is 2. The second-order valence-corrected chi connectivity index (χ2v) is 6.40. The lowest BCUT2D eigenvalue weighted by molar-refractivity contribution is -0.165. The van der Waals surface area contributed by atoms with Crippen LogP contribution in [0.5, 0.6) is 0 Å². The number of nitrogens with zero attached hydrogens (tertiary/aromatic N) is 2. The maximum atomic E-state index is 12.8. The van der Waals surface area contributed by atoms with Crippen LogP contribution in [0.15, 0.2) is 42.9 Å². The summed E-state index contributed by atoms with van der Waals surface area (Å²) in [5, 5.41) is 3.16. The van der Waals surface area contributed by atoms with Crippen LogP contribution in [-0.4, -0.2) is 47.3 Å². The molecule has 0 unspecified atom stereocenters. The number of methoxy groups -OCH3 is 1. The van der Waals surface area contributed by atoms with E-state index < -0.39 is 17.5 Å². The Morgan fingerprint density at radius 1 is 1.23 bits per heavy atom. The van der Waals surface area contributed by atoms with Crippen molar-refractivity contribution in [2.75, 3.05) is 20.2 Å². The number of imidazole rings is 1. The zero-order valence-corrected chi connectivity index (χ0v) is 15.0. The van der Waals surface area contributed by atoms with Crippen LogP contribution in [0.4, 0.5) is 0 Å². The smallest absolute Gasteiger partial charge is 0.357 e. The molecule has 1 aliphatic heterocycles. The van der Waals surface area contributed by atoms with Crippen molar-refractivity contribution in [3.05, 3.63) is 54.1 Å². The highest BCUT2D eigenvalue weighted by atomic mass is 16.6. The van der Waals surface area contributed by atoms with Gasteiger partial charge in [-0.25, -0.2) is 14.6 Å². The van der Waals surface area contributed by atoms with Crippen molar-refractivity contribution in [1.29, 1.82) is 0 Å². The van der Waals surface area contributed by atoms with Crippen molar-refractivity contribution < 1.29 is 19.1 Å². The summed E-state index contributed by atoms with van der Waals surface area (Å²) < 4.78 is 12.3. The van der Waals surface area contributed by atoms with Gasteiger partial charge in [0.05, 0.1) is 25.7 Å². The van der Waals surface area contributed by atoms with E-state index in [1.807, 2.05) is 37.3 Å². The minimum Gasteiger partial charge on any atom is -0.466 e. The van der Waals surface area contributed by atoms with Crippen molar-refractivity contribution in [3.63, 3.8) is 0 Å². The largest absolute Gasteiger partial charge is 0.466 e. The Bertz CT molecular complexity index is 766. The standard InChI is InChI=1S/C19H23N3O4/c1-14(15-6-4-3-5-7-15)22-13-21-12-16(22)17(23)26-19(18(24)25-2)8-10-20-11-9-19/h3-7,12-14,20H,8-11H2,1-2H3/t14-/m1/s1. The molecular formula is C19H23N3O4. The Balaban J connectivity index is 1.84. The van der Waals surface area contributed by atoms with Gasteiger partial charge in [0.15, 0.2) is 0 Å². The van der Waals surface area contributed by atoms with Crippen LogP contribution in [0, 0.1) is 0 Å². The van der Waals surface area contributed by atoms with Crippen molar-refractivity contribution in [2.45, 2.75) is 31.4 Å². The Kier molecular flexibility index (Phi) is 5.37. The number of piperidine rings is 1. The van der Waals surface area contributed by atoms with E-state index in [1.54, 1.807) is 10.9 Å². The Morgan fingerprint density at radius 3 is 2.58 bits per heavy atom. The topological polar surface area (TPSA) is 82.5 Å². The molecule has 0 bridgehead atoms. The fourth-order valence-corrected chi connectivity index (χ4v) is 3.26. The van der Waals surface area contributed by atoms with E-state index in [0.717, 1.165) is 5.56 Å². The Labute approximate surface area is 152 Å². The van der Waals surface area contributed by atoms with Crippen LogP contribution >= 0.6 is 0 Å². The lowest BCUT2D eigenvalue weighted by atomic mass is 9.92. The van der Waals surface area contributed by atoms with Crippen molar-refractivity contribution in [2.24, 2.45) is 0 Å². The molecule has 1 N–H and O–H groups in total. The number of benzene rings is 1. The van der Waals surface area contributed by atoms with E-state index >= 15 is 0 Å². The predicted octanol–water partition coefficient (Wildman–Crippen LogP) is 1.94. The fourth-order valence-electron chi connectivity index (χ4n) is 3.26. The molecule has 1 saturated heterocycles. The molecule has 26 heavy (non-hydrogen) atoms. The van der Waals surface area contributed by atoms with E-state index in [-0.39, 0.29) is 6.04 Å². The van der Waals surface area contributed by atoms with Gasteiger partial charge in [-0.2, -0.15) is 0 Å². The monoisotopic (exact) mass is 357 g/mol. The molecule has 2 heterocycles. The minimum absolute atomic E-state index is 0.0941. The Morgan fingerprint density at radius 2 is 1.92 bits per heavy atom. The van der Waals surface area contributed by atoms with Gasteiger partial charge in [-0.05, 0) is 25.6 Å². The highest BCUT2D eigenvalue weighted by molar-refractivity contribution is 5.91. The molecular weight excluding hydrogens is 334 g/mol. The summed E-state index contributed by atoms with van der Waals surface area (Å²) in [6.07, 6.45) is 3.83. The van der Waals surface area contributed by atoms with Crippen LogP contribution < -0.4 is 5.32 Å². The molecule has 2 aromatic rings. The van der Waals surface area contributed by atoms with Crippen LogP contribution in [0.3, 0.4) is 0 Å². The lowest BCUT2D eigenvalue weighted by Gasteiger charge is -2.34. The maximum Gasteiger partial charge on any atom is 0.357 e. The molecule has 3 rings (SSSR count). The molecule has 138 valence electrons. The number of ether oxygens (including phenoxy) is 2. The van der Waals surface area contributed by atoms with Gasteiger partial charge in [0.25, 0.3) is 0 Å². The predicted molar refractivity (Wildman–Crippen MR) is 94.7 cm³/mol. The van der Waals surface area contributed by atoms with Gasteiger partial charge in [-0.1, -0.05) is 30.3 Å². The van der Waals surface area contributed by atoms with E-state index in [2.05, 4.69) is 10.3 Å². The average molecular weight is 357 g/mol. The zero-order chi connectivity index (χ0) is 18.6. The number of hydrogen-bond acceptors (Lipinski definition) is 6. The molecule has 0 amide bonds. The minimum atomic E-state index is -1.25. The molecule has 7 nitrogen and oxygen atoms in total. The number of aromatic nitrogens is 2. The number of carbonyl (C=O) groups excluding carboxylic acids is 2. The van der Waals surface area contributed by atoms with Crippen LogP contribution in [0.2, 0.25) is 0 Å². The molecule has 7 heteroatoms. The van der Waals surface area contributed by atoms with E-state index in [0.29, 0.717) is 31.6 Å². The number of hydrogen-bond donors (Lipinski definition) is 1. The third-order valence-electron chi connectivity index (χ3n) is 4.83. The highest BCUT2D eigenvalue weighted by Crippen LogP contribution is 2.27. The second kappa shape index (κ2) is 7.70. The van der Waals surface area contributed by atoms with Crippen LogP contribution in [0.1, 0.15) is 41.9 Å². The molecule has 0 spiro atoms. The molecule has 0 saturated carbocycles. The average Bonchev–Trinajstić information content (AvgIpc) is 3.18. The summed E-state index contributed by atoms with van der Waals surface area (Å²) >= 11 is 0. The third kappa shape index (κ3) is 3.48. The summed E-state index contributed by atoms with van der Waals surface area (Å²) in [5.41, 5.74) is 0.106. The molecule has 1 aliphatic rings. The summed E-state index contributed by atoms with van der Waals surface area (Å²) in [6.45, 7) is 3.15. The van der Waals surface area contributed by atoms with Crippen LogP contribution in [-0.2, 0) is 14.3 Å². The summed E-state index contributed by atoms with van der Waals surface area (Å²) in [7, 11) is 1.31. The van der Waals surface area contributed by atoms with E-state index in [1.165, 1.54) is 13.3 Å². The van der Waals surface area contributed by atoms with Gasteiger partial charge >= 0.3 is 11.9 Å². The number of rotatable bonds is 5. The zero-order valence-electron chi connectivity index (χ0n) is 15.0. The van der Waals surface area contributed by atoms with Crippen LogP contribution in [0.25, 0.3) is 0 Å². The first-order chi connectivity index (χ1) is 12.6. The maximum absolute atomic E-state index is 12.8. The van der Waals surface area contributed by atoms with E-state index in [4.69, 9.17) is 9.47 Å². The first kappa shape index (κ1) is 18.1. The molecule has 1 fully saturated rings. The Hall–Kier alpha value is -2.67. The molecule has 0 radical (unpaired) electrons. The highest BCUT2D eigenvalue weighted by Gasteiger charge is 2.45. The second-order valence-electron chi connectivity index (χ2n) is 6.40. The van der Waals surface area contributed by atoms with Gasteiger partial charge in [0, 0.05) is 12.8 Å². The number of nitrogens with one attached hydrogen (secondary N) is 1. The lowest BCUT2D eigenvalue weighted by Crippen LogP contribution is -2.51. The summed E-state index contributed by atoms with van der Waals surface area (Å²) in [4.78, 5) is 29.2. The van der Waals surface area contributed by atoms with E-state index in [9.17, 15) is 9.59 Å². The van der Waals surface area contributed by atoms with Crippen molar-refractivity contribution in [3.8, 4) is 0 Å². The summed E-state index contributed by atoms with van der Waals surface area (Å²) in [6, 6.07) is 9.72. The SMILES string of the molecule is COC(=O)C1(OC(=O)c2cncn2[C@H](C)c2ccccc2)CCNCC1. The molecule has 1 aromatic heterocycles. The number of esters is 2. The van der Waals surface area contributed by atoms with Gasteiger partial charge in [-0.15, -0.1) is 0 Å². The van der Waals surface area contributed by atoms with Gasteiger partial charge < -0.3 is 19.4 Å². The van der Waals surface area contributed by atoms with Crippen molar-refractivity contribution >= 4 is 11.9 Å². The quantitative estimate of drug-likeness (QED) is 0.824.